The maximum Gasteiger partial charge on any atom is 0.321 e. The summed E-state index contributed by atoms with van der Waals surface area (Å²) in [6.07, 6.45) is 1.26. The molecule has 8 nitrogen and oxygen atoms in total. The molecule has 1 aromatic heterocycles. The number of alkyl halides is 2. The minimum absolute atomic E-state index is 0.583. The summed E-state index contributed by atoms with van der Waals surface area (Å²) >= 11 is 0. The number of hydrogen-bond donors (Lipinski definition) is 4. The lowest BCUT2D eigenvalue weighted by atomic mass is 9.96. The zero-order valence-electron chi connectivity index (χ0n) is 10.4. The van der Waals surface area contributed by atoms with Crippen LogP contribution in [0.4, 0.5) is 8.78 Å². The van der Waals surface area contributed by atoms with E-state index in [1.54, 1.807) is 5.92 Å². The molecule has 0 spiro atoms. The molecule has 0 radical (unpaired) electrons. The molecule has 1 aliphatic heterocycles. The quantitative estimate of drug-likeness (QED) is 0.297. The first-order valence-corrected chi connectivity index (χ1v) is 5.64. The number of H-pyrrole nitrogens is 1. The zero-order valence-corrected chi connectivity index (χ0v) is 10.4. The molecule has 0 aromatic carbocycles. The van der Waals surface area contributed by atoms with Gasteiger partial charge in [0.05, 0.1) is 6.61 Å². The fraction of sp³-hybridized carbons (Fsp3) is 0.455. The summed E-state index contributed by atoms with van der Waals surface area (Å²) < 4.78 is 33.8. The second-order valence-electron chi connectivity index (χ2n) is 4.38. The van der Waals surface area contributed by atoms with E-state index in [4.69, 9.17) is 21.5 Å². The standard InChI is InChI=1S/C11H11F2N3O5/c1-2-10(5-17)7(19)11(12,13)8(21-10)16-4-3-6(18)14-9(16)15-20/h1,3-4,7-8,17,19-20H,5H2,(H,14,15,18)/t7-,8-,10-/m1/s1. The first-order valence-electron chi connectivity index (χ1n) is 5.64. The van der Waals surface area contributed by atoms with Gasteiger partial charge in [0.25, 0.3) is 5.56 Å². The molecule has 10 heteroatoms. The summed E-state index contributed by atoms with van der Waals surface area (Å²) in [7, 11) is 0. The number of hydrogen-bond acceptors (Lipinski definition) is 6. The van der Waals surface area contributed by atoms with Crippen LogP contribution in [0.5, 0.6) is 0 Å². The molecule has 1 saturated heterocycles. The van der Waals surface area contributed by atoms with Crippen LogP contribution < -0.4 is 11.2 Å². The van der Waals surface area contributed by atoms with Crippen molar-refractivity contribution in [3.8, 4) is 12.3 Å². The summed E-state index contributed by atoms with van der Waals surface area (Å²) in [4.78, 5) is 13.1. The Morgan fingerprint density at radius 2 is 2.29 bits per heavy atom. The number of aromatic amines is 1. The second-order valence-corrected chi connectivity index (χ2v) is 4.38. The fourth-order valence-corrected chi connectivity index (χ4v) is 2.01. The van der Waals surface area contributed by atoms with Gasteiger partial charge in [-0.25, -0.2) is 0 Å². The molecule has 0 amide bonds. The van der Waals surface area contributed by atoms with Gasteiger partial charge in [0.2, 0.25) is 11.8 Å². The molecule has 21 heavy (non-hydrogen) atoms. The molecule has 3 atom stereocenters. The van der Waals surface area contributed by atoms with Crippen molar-refractivity contribution in [1.82, 2.24) is 9.55 Å². The average Bonchev–Trinajstić information content (AvgIpc) is 2.68. The Morgan fingerprint density at radius 1 is 1.62 bits per heavy atom. The van der Waals surface area contributed by atoms with Crippen molar-refractivity contribution >= 4 is 0 Å². The van der Waals surface area contributed by atoms with Gasteiger partial charge in [0.15, 0.2) is 11.7 Å². The minimum Gasteiger partial charge on any atom is -0.408 e. The monoisotopic (exact) mass is 303 g/mol. The van der Waals surface area contributed by atoms with E-state index in [1.807, 2.05) is 4.98 Å². The highest BCUT2D eigenvalue weighted by Crippen LogP contribution is 2.47. The highest BCUT2D eigenvalue weighted by atomic mass is 19.3. The molecular weight excluding hydrogens is 292 g/mol. The molecule has 4 N–H and O–H groups in total. The predicted molar refractivity (Wildman–Crippen MR) is 62.1 cm³/mol. The molecule has 1 aromatic rings. The molecule has 114 valence electrons. The highest BCUT2D eigenvalue weighted by molar-refractivity contribution is 5.20. The first-order chi connectivity index (χ1) is 9.82. The van der Waals surface area contributed by atoms with Gasteiger partial charge in [-0.2, -0.15) is 8.78 Å². The van der Waals surface area contributed by atoms with Gasteiger partial charge in [-0.15, -0.1) is 6.42 Å². The van der Waals surface area contributed by atoms with Gasteiger partial charge in [-0.3, -0.25) is 14.3 Å². The Labute approximate surface area is 115 Å². The molecule has 2 heterocycles. The van der Waals surface area contributed by atoms with Crippen LogP contribution in [-0.4, -0.2) is 49.2 Å². The van der Waals surface area contributed by atoms with Crippen molar-refractivity contribution in [3.63, 3.8) is 0 Å². The van der Waals surface area contributed by atoms with Gasteiger partial charge < -0.3 is 20.2 Å². The average molecular weight is 303 g/mol. The minimum atomic E-state index is -3.91. The van der Waals surface area contributed by atoms with Gasteiger partial charge in [0, 0.05) is 12.3 Å². The third-order valence-electron chi connectivity index (χ3n) is 3.15. The van der Waals surface area contributed by atoms with Crippen LogP contribution in [0.15, 0.2) is 22.2 Å². The summed E-state index contributed by atoms with van der Waals surface area (Å²) in [6, 6.07) is 0.884. The van der Waals surface area contributed by atoms with Gasteiger partial charge >= 0.3 is 5.92 Å². The van der Waals surface area contributed by atoms with Crippen LogP contribution in [-0.2, 0) is 4.74 Å². The maximum atomic E-state index is 14.2. The second kappa shape index (κ2) is 4.96. The third kappa shape index (κ3) is 2.11. The molecule has 0 aliphatic carbocycles. The molecule has 0 bridgehead atoms. The Bertz CT molecular complexity index is 707. The van der Waals surface area contributed by atoms with E-state index in [0.29, 0.717) is 4.57 Å². The lowest BCUT2D eigenvalue weighted by Gasteiger charge is -2.23. The smallest absolute Gasteiger partial charge is 0.321 e. The lowest BCUT2D eigenvalue weighted by molar-refractivity contribution is -0.142. The van der Waals surface area contributed by atoms with Crippen LogP contribution in [0.1, 0.15) is 6.23 Å². The van der Waals surface area contributed by atoms with Crippen molar-refractivity contribution in [2.75, 3.05) is 6.61 Å². The molecular formula is C11H11F2N3O5. The topological polar surface area (TPSA) is 120 Å². The summed E-state index contributed by atoms with van der Waals surface area (Å²) in [5, 5.41) is 30.2. The Hall–Kier alpha value is -2.22. The Kier molecular flexibility index (Phi) is 3.58. The SMILES string of the molecule is C#C[C@]1(CO)O[C@@H](n2ccc(=O)[nH]/c2=N\O)C(F)(F)[C@@H]1O. The summed E-state index contributed by atoms with van der Waals surface area (Å²) in [5.74, 6) is -2.10. The summed E-state index contributed by atoms with van der Waals surface area (Å²) in [6.45, 7) is -1.05. The first kappa shape index (κ1) is 15.2. The zero-order chi connectivity index (χ0) is 15.8. The largest absolute Gasteiger partial charge is 0.408 e. The Balaban J connectivity index is 2.61. The molecule has 2 rings (SSSR count). The number of terminal acetylenes is 1. The van der Waals surface area contributed by atoms with Gasteiger partial charge in [-0.05, 0) is 0 Å². The van der Waals surface area contributed by atoms with Crippen LogP contribution in [0.2, 0.25) is 0 Å². The number of ether oxygens (including phenoxy) is 1. The highest BCUT2D eigenvalue weighted by Gasteiger charge is 2.66. The maximum absolute atomic E-state index is 14.2. The number of aliphatic hydroxyl groups excluding tert-OH is 2. The fourth-order valence-electron chi connectivity index (χ4n) is 2.01. The number of nitrogens with one attached hydrogen (secondary N) is 1. The van der Waals surface area contributed by atoms with Gasteiger partial charge in [-0.1, -0.05) is 11.1 Å². The van der Waals surface area contributed by atoms with Crippen LogP contribution in [0.3, 0.4) is 0 Å². The van der Waals surface area contributed by atoms with Crippen LogP contribution in [0, 0.1) is 12.3 Å². The number of nitrogens with zero attached hydrogens (tertiary/aromatic N) is 2. The molecule has 1 fully saturated rings. The van der Waals surface area contributed by atoms with E-state index in [-0.39, 0.29) is 0 Å². The van der Waals surface area contributed by atoms with E-state index in [2.05, 4.69) is 5.16 Å². The van der Waals surface area contributed by atoms with E-state index >= 15 is 0 Å². The van der Waals surface area contributed by atoms with Crippen molar-refractivity contribution in [3.05, 3.63) is 28.2 Å². The summed E-state index contributed by atoms with van der Waals surface area (Å²) in [5.41, 5.74) is -3.65. The van der Waals surface area contributed by atoms with E-state index in [0.717, 1.165) is 12.3 Å². The van der Waals surface area contributed by atoms with Crippen molar-refractivity contribution in [1.29, 1.82) is 0 Å². The van der Waals surface area contributed by atoms with Crippen molar-refractivity contribution in [2.24, 2.45) is 5.16 Å². The number of halogens is 2. The number of aromatic nitrogens is 2. The number of aliphatic hydroxyl groups is 2. The molecule has 0 unspecified atom stereocenters. The van der Waals surface area contributed by atoms with Gasteiger partial charge in [0.1, 0.15) is 0 Å². The van der Waals surface area contributed by atoms with E-state index in [1.165, 1.54) is 0 Å². The molecule has 0 saturated carbocycles. The normalized spacial score (nSPS) is 32.0. The van der Waals surface area contributed by atoms with Crippen LogP contribution >= 0.6 is 0 Å². The van der Waals surface area contributed by atoms with E-state index < -0.39 is 41.6 Å². The third-order valence-corrected chi connectivity index (χ3v) is 3.15. The Morgan fingerprint density at radius 3 is 2.76 bits per heavy atom. The van der Waals surface area contributed by atoms with Crippen molar-refractivity contribution < 1.29 is 28.9 Å². The van der Waals surface area contributed by atoms with Crippen molar-refractivity contribution in [2.45, 2.75) is 23.9 Å². The van der Waals surface area contributed by atoms with E-state index in [9.17, 15) is 18.7 Å². The predicted octanol–water partition coefficient (Wildman–Crippen LogP) is -1.64. The lowest BCUT2D eigenvalue weighted by Crippen LogP contribution is -2.48. The molecule has 1 aliphatic rings. The number of rotatable bonds is 2. The van der Waals surface area contributed by atoms with Crippen LogP contribution in [0.25, 0.3) is 0 Å².